The zero-order chi connectivity index (χ0) is 28.3. The summed E-state index contributed by atoms with van der Waals surface area (Å²) in [7, 11) is 0. The highest BCUT2D eigenvalue weighted by Crippen LogP contribution is 2.40. The fourth-order valence-corrected chi connectivity index (χ4v) is 5.15. The zero-order valence-corrected chi connectivity index (χ0v) is 23.8. The molecule has 1 unspecified atom stereocenters. The predicted molar refractivity (Wildman–Crippen MR) is 155 cm³/mol. The van der Waals surface area contributed by atoms with Crippen molar-refractivity contribution in [2.75, 3.05) is 52.6 Å². The van der Waals surface area contributed by atoms with Crippen molar-refractivity contribution in [1.82, 2.24) is 9.80 Å². The Balaban J connectivity index is 1.63. The van der Waals surface area contributed by atoms with E-state index < -0.39 is 17.7 Å². The highest BCUT2D eigenvalue weighted by molar-refractivity contribution is 6.46. The van der Waals surface area contributed by atoms with Gasteiger partial charge in [-0.3, -0.25) is 14.5 Å². The molecular formula is C32H42N2O6. The number of rotatable bonds is 14. The summed E-state index contributed by atoms with van der Waals surface area (Å²) in [5.41, 5.74) is 1.30. The van der Waals surface area contributed by atoms with Gasteiger partial charge in [-0.1, -0.05) is 38.8 Å². The van der Waals surface area contributed by atoms with E-state index in [0.717, 1.165) is 50.9 Å². The van der Waals surface area contributed by atoms with Crippen molar-refractivity contribution in [2.45, 2.75) is 52.0 Å². The van der Waals surface area contributed by atoms with E-state index >= 15 is 0 Å². The Morgan fingerprint density at radius 3 is 2.38 bits per heavy atom. The minimum Gasteiger partial charge on any atom is -0.507 e. The van der Waals surface area contributed by atoms with Gasteiger partial charge in [0.1, 0.15) is 17.3 Å². The Morgan fingerprint density at radius 2 is 1.65 bits per heavy atom. The minimum atomic E-state index is -0.708. The molecule has 0 aliphatic carbocycles. The number of nitrogens with zero attached hydrogens (tertiary/aromatic N) is 2. The van der Waals surface area contributed by atoms with E-state index in [-0.39, 0.29) is 11.3 Å². The van der Waals surface area contributed by atoms with Gasteiger partial charge in [-0.25, -0.2) is 0 Å². The monoisotopic (exact) mass is 550 g/mol. The Hall–Kier alpha value is -3.36. The molecule has 2 aliphatic heterocycles. The molecule has 2 saturated heterocycles. The van der Waals surface area contributed by atoms with E-state index in [1.54, 1.807) is 29.2 Å². The summed E-state index contributed by atoms with van der Waals surface area (Å²) in [6, 6.07) is 13.8. The lowest BCUT2D eigenvalue weighted by Crippen LogP contribution is -2.38. The number of Topliss-reactive ketones (excluding diaryl/α,β-unsaturated/α-hetero) is 1. The third-order valence-corrected chi connectivity index (χ3v) is 7.31. The standard InChI is InChI=1S/C32H42N2O6/c1-3-5-6-20-40-27-10-7-9-25(23-27)29-28(30(35)24-11-13-26(14-12-24)39-19-4-2)31(36)32(37)34(29)16-8-15-33-17-21-38-22-18-33/h7,9-14,23,29,35H,3-6,8,15-22H2,1-2H3/b30-28+. The molecule has 4 rings (SSSR count). The molecule has 1 atom stereocenters. The number of unbranched alkanes of at least 4 members (excludes halogenated alkanes) is 2. The van der Waals surface area contributed by atoms with E-state index in [1.165, 1.54) is 0 Å². The fraction of sp³-hybridized carbons (Fsp3) is 0.500. The zero-order valence-electron chi connectivity index (χ0n) is 23.8. The maximum absolute atomic E-state index is 13.4. The van der Waals surface area contributed by atoms with Gasteiger partial charge in [-0.2, -0.15) is 0 Å². The van der Waals surface area contributed by atoms with Crippen LogP contribution in [0.5, 0.6) is 11.5 Å². The van der Waals surface area contributed by atoms with Gasteiger partial charge in [0.2, 0.25) is 0 Å². The van der Waals surface area contributed by atoms with Gasteiger partial charge in [0, 0.05) is 31.7 Å². The van der Waals surface area contributed by atoms with Gasteiger partial charge in [0.05, 0.1) is 38.0 Å². The second-order valence-corrected chi connectivity index (χ2v) is 10.3. The molecule has 2 fully saturated rings. The molecule has 216 valence electrons. The number of likely N-dealkylation sites (tertiary alicyclic amines) is 1. The summed E-state index contributed by atoms with van der Waals surface area (Å²) in [5, 5.41) is 11.4. The molecule has 2 heterocycles. The first kappa shape index (κ1) is 29.6. The highest BCUT2D eigenvalue weighted by Gasteiger charge is 2.46. The Labute approximate surface area is 237 Å². The number of benzene rings is 2. The average molecular weight is 551 g/mol. The van der Waals surface area contributed by atoms with Gasteiger partial charge in [0.15, 0.2) is 0 Å². The maximum Gasteiger partial charge on any atom is 0.295 e. The molecule has 2 aromatic rings. The number of aliphatic hydroxyl groups is 1. The van der Waals surface area contributed by atoms with Crippen LogP contribution in [0, 0.1) is 0 Å². The number of carbonyl (C=O) groups is 2. The van der Waals surface area contributed by atoms with Crippen LogP contribution in [0.3, 0.4) is 0 Å². The van der Waals surface area contributed by atoms with Crippen LogP contribution in [0.2, 0.25) is 0 Å². The second-order valence-electron chi connectivity index (χ2n) is 10.3. The average Bonchev–Trinajstić information content (AvgIpc) is 3.24. The third-order valence-electron chi connectivity index (χ3n) is 7.31. The number of ketones is 1. The van der Waals surface area contributed by atoms with Crippen LogP contribution >= 0.6 is 0 Å². The van der Waals surface area contributed by atoms with E-state index in [4.69, 9.17) is 14.2 Å². The summed E-state index contributed by atoms with van der Waals surface area (Å²) >= 11 is 0. The molecular weight excluding hydrogens is 508 g/mol. The molecule has 2 aromatic carbocycles. The number of hydrogen-bond donors (Lipinski definition) is 1. The lowest BCUT2D eigenvalue weighted by Gasteiger charge is -2.29. The number of hydrogen-bond acceptors (Lipinski definition) is 7. The quantitative estimate of drug-likeness (QED) is 0.150. The lowest BCUT2D eigenvalue weighted by molar-refractivity contribution is -0.140. The van der Waals surface area contributed by atoms with E-state index in [1.807, 2.05) is 31.2 Å². The number of ether oxygens (including phenoxy) is 3. The largest absolute Gasteiger partial charge is 0.507 e. The van der Waals surface area contributed by atoms with Crippen molar-refractivity contribution < 1.29 is 28.9 Å². The summed E-state index contributed by atoms with van der Waals surface area (Å²) in [6.45, 7) is 9.71. The van der Waals surface area contributed by atoms with Gasteiger partial charge in [-0.05, 0) is 61.2 Å². The molecule has 0 radical (unpaired) electrons. The Kier molecular flexibility index (Phi) is 11.0. The SMILES string of the molecule is CCCCCOc1cccc(C2/C(=C(\O)c3ccc(OCCC)cc3)C(=O)C(=O)N2CCCN2CCOCC2)c1. The van der Waals surface area contributed by atoms with Crippen LogP contribution in [0.1, 0.15) is 63.1 Å². The van der Waals surface area contributed by atoms with Crippen molar-refractivity contribution in [1.29, 1.82) is 0 Å². The van der Waals surface area contributed by atoms with E-state index in [9.17, 15) is 14.7 Å². The first-order valence-electron chi connectivity index (χ1n) is 14.6. The summed E-state index contributed by atoms with van der Waals surface area (Å²) < 4.78 is 17.1. The van der Waals surface area contributed by atoms with Gasteiger partial charge < -0.3 is 24.2 Å². The summed E-state index contributed by atoms with van der Waals surface area (Å²) in [5.74, 6) is -0.0770. The lowest BCUT2D eigenvalue weighted by atomic mass is 9.95. The molecule has 0 spiro atoms. The van der Waals surface area contributed by atoms with E-state index in [0.29, 0.717) is 56.5 Å². The van der Waals surface area contributed by atoms with Gasteiger partial charge >= 0.3 is 0 Å². The number of carbonyl (C=O) groups excluding carboxylic acids is 2. The first-order valence-corrected chi connectivity index (χ1v) is 14.6. The van der Waals surface area contributed by atoms with Crippen molar-refractivity contribution in [2.24, 2.45) is 0 Å². The number of aliphatic hydroxyl groups excluding tert-OH is 1. The molecule has 0 saturated carbocycles. The smallest absolute Gasteiger partial charge is 0.295 e. The highest BCUT2D eigenvalue weighted by atomic mass is 16.5. The van der Waals surface area contributed by atoms with Crippen LogP contribution in [0.15, 0.2) is 54.1 Å². The van der Waals surface area contributed by atoms with Crippen molar-refractivity contribution >= 4 is 17.4 Å². The number of morpholine rings is 1. The van der Waals surface area contributed by atoms with Crippen LogP contribution in [-0.4, -0.2) is 79.2 Å². The topological polar surface area (TPSA) is 88.5 Å². The molecule has 1 N–H and O–H groups in total. The molecule has 0 aromatic heterocycles. The summed E-state index contributed by atoms with van der Waals surface area (Å²) in [6.07, 6.45) is 4.75. The molecule has 2 aliphatic rings. The minimum absolute atomic E-state index is 0.0988. The molecule has 40 heavy (non-hydrogen) atoms. The molecule has 0 bridgehead atoms. The maximum atomic E-state index is 13.4. The van der Waals surface area contributed by atoms with Crippen molar-refractivity contribution in [3.05, 3.63) is 65.2 Å². The van der Waals surface area contributed by atoms with Crippen molar-refractivity contribution in [3.63, 3.8) is 0 Å². The number of amides is 1. The van der Waals surface area contributed by atoms with Crippen molar-refractivity contribution in [3.8, 4) is 11.5 Å². The molecule has 8 nitrogen and oxygen atoms in total. The fourth-order valence-electron chi connectivity index (χ4n) is 5.15. The van der Waals surface area contributed by atoms with E-state index in [2.05, 4.69) is 11.8 Å². The second kappa shape index (κ2) is 14.9. The third kappa shape index (κ3) is 7.43. The Bertz CT molecular complexity index is 1160. The summed E-state index contributed by atoms with van der Waals surface area (Å²) in [4.78, 5) is 30.7. The molecule has 1 amide bonds. The predicted octanol–water partition coefficient (Wildman–Crippen LogP) is 5.19. The van der Waals surface area contributed by atoms with Crippen LogP contribution in [-0.2, 0) is 14.3 Å². The van der Waals surface area contributed by atoms with Crippen LogP contribution < -0.4 is 9.47 Å². The normalized spacial score (nSPS) is 19.2. The van der Waals surface area contributed by atoms with Crippen LogP contribution in [0.25, 0.3) is 5.76 Å². The van der Waals surface area contributed by atoms with Gasteiger partial charge in [-0.15, -0.1) is 0 Å². The van der Waals surface area contributed by atoms with Gasteiger partial charge in [0.25, 0.3) is 11.7 Å². The van der Waals surface area contributed by atoms with Crippen LogP contribution in [0.4, 0.5) is 0 Å². The Morgan fingerprint density at radius 1 is 0.900 bits per heavy atom. The molecule has 8 heteroatoms. The first-order chi connectivity index (χ1) is 19.5.